The van der Waals surface area contributed by atoms with Gasteiger partial charge in [0.25, 0.3) is 0 Å². The van der Waals surface area contributed by atoms with Crippen LogP contribution in [0, 0.1) is 17.8 Å². The maximum Gasteiger partial charge on any atom is 0.0787 e. The molecule has 0 aromatic rings. The summed E-state index contributed by atoms with van der Waals surface area (Å²) < 4.78 is 0. The van der Waals surface area contributed by atoms with Crippen LogP contribution in [-0.4, -0.2) is 21.9 Å². The summed E-state index contributed by atoms with van der Waals surface area (Å²) in [6.45, 7) is 6.01. The van der Waals surface area contributed by atoms with E-state index in [1.54, 1.807) is 5.57 Å². The van der Waals surface area contributed by atoms with Crippen molar-refractivity contribution in [2.24, 2.45) is 17.8 Å². The Morgan fingerprint density at radius 2 is 1.83 bits per heavy atom. The van der Waals surface area contributed by atoms with Gasteiger partial charge in [-0.05, 0) is 101 Å². The fourth-order valence-electron chi connectivity index (χ4n) is 6.13. The number of rotatable bonds is 7. The SMILES string of the molecule is CC/C=C1/CC/C(=C/C=C2\CCCC3C(CCCCC(C)(C)O)CCC23)C[C@H]1O. The molecule has 0 amide bonds. The van der Waals surface area contributed by atoms with Gasteiger partial charge in [-0.1, -0.05) is 55.6 Å². The van der Waals surface area contributed by atoms with E-state index in [0.717, 1.165) is 56.3 Å². The monoisotopic (exact) mass is 400 g/mol. The van der Waals surface area contributed by atoms with Gasteiger partial charge in [0.2, 0.25) is 0 Å². The molecule has 29 heavy (non-hydrogen) atoms. The molecule has 0 radical (unpaired) electrons. The van der Waals surface area contributed by atoms with E-state index in [2.05, 4.69) is 25.2 Å². The van der Waals surface area contributed by atoms with Crippen LogP contribution in [0.1, 0.15) is 104 Å². The third-order valence-electron chi connectivity index (χ3n) is 7.68. The highest BCUT2D eigenvalue weighted by Crippen LogP contribution is 2.50. The van der Waals surface area contributed by atoms with E-state index >= 15 is 0 Å². The molecule has 3 aliphatic carbocycles. The number of unbranched alkanes of at least 4 members (excludes halogenated alkanes) is 1. The van der Waals surface area contributed by atoms with Crippen LogP contribution in [-0.2, 0) is 0 Å². The molecule has 2 heteroatoms. The first-order valence-corrected chi connectivity index (χ1v) is 12.3. The van der Waals surface area contributed by atoms with Crippen LogP contribution in [0.2, 0.25) is 0 Å². The fourth-order valence-corrected chi connectivity index (χ4v) is 6.13. The zero-order valence-corrected chi connectivity index (χ0v) is 19.1. The second kappa shape index (κ2) is 10.4. The lowest BCUT2D eigenvalue weighted by atomic mass is 9.73. The van der Waals surface area contributed by atoms with E-state index in [4.69, 9.17) is 0 Å². The summed E-state index contributed by atoms with van der Waals surface area (Å²) in [5, 5.41) is 20.3. The van der Waals surface area contributed by atoms with E-state index in [1.165, 1.54) is 56.1 Å². The molecule has 2 nitrogen and oxygen atoms in total. The van der Waals surface area contributed by atoms with Crippen LogP contribution in [0.4, 0.5) is 0 Å². The molecule has 0 heterocycles. The van der Waals surface area contributed by atoms with E-state index in [1.807, 2.05) is 13.8 Å². The highest BCUT2D eigenvalue weighted by Gasteiger charge is 2.39. The van der Waals surface area contributed by atoms with Crippen LogP contribution >= 0.6 is 0 Å². The molecule has 3 unspecified atom stereocenters. The van der Waals surface area contributed by atoms with Gasteiger partial charge < -0.3 is 10.2 Å². The molecule has 3 aliphatic rings. The lowest BCUT2D eigenvalue weighted by Crippen LogP contribution is -2.22. The highest BCUT2D eigenvalue weighted by molar-refractivity contribution is 5.27. The topological polar surface area (TPSA) is 40.5 Å². The number of allylic oxidation sites excluding steroid dienone is 4. The molecule has 0 aromatic carbocycles. The summed E-state index contributed by atoms with van der Waals surface area (Å²) in [7, 11) is 0. The quantitative estimate of drug-likeness (QED) is 0.361. The number of aliphatic hydroxyl groups excluding tert-OH is 1. The maximum absolute atomic E-state index is 10.4. The third kappa shape index (κ3) is 6.56. The van der Waals surface area contributed by atoms with Crippen molar-refractivity contribution >= 4 is 0 Å². The van der Waals surface area contributed by atoms with Crippen LogP contribution in [0.3, 0.4) is 0 Å². The Hall–Kier alpha value is -0.860. The van der Waals surface area contributed by atoms with Crippen molar-refractivity contribution in [2.75, 3.05) is 0 Å². The Labute approximate surface area is 179 Å². The Bertz CT molecular complexity index is 619. The van der Waals surface area contributed by atoms with Crippen LogP contribution in [0.5, 0.6) is 0 Å². The molecular weight excluding hydrogens is 356 g/mol. The summed E-state index contributed by atoms with van der Waals surface area (Å²) in [4.78, 5) is 0. The lowest BCUT2D eigenvalue weighted by Gasteiger charge is -2.32. The Morgan fingerprint density at radius 3 is 2.55 bits per heavy atom. The second-order valence-electron chi connectivity index (χ2n) is 10.5. The van der Waals surface area contributed by atoms with E-state index in [-0.39, 0.29) is 6.10 Å². The molecule has 0 bridgehead atoms. The second-order valence-corrected chi connectivity index (χ2v) is 10.5. The van der Waals surface area contributed by atoms with E-state index < -0.39 is 5.60 Å². The van der Waals surface area contributed by atoms with Gasteiger partial charge in [-0.2, -0.15) is 0 Å². The van der Waals surface area contributed by atoms with Gasteiger partial charge in [0.05, 0.1) is 11.7 Å². The standard InChI is InChI=1S/C27H44O2/c1-4-8-23-15-13-20(19-26(23)28)12-14-22-10-7-11-24-21(16-17-25(22)24)9-5-6-18-27(2,3)29/h8,12,14,21,24-26,28-29H,4-7,9-11,13,15-19H2,1-3H3/b20-12-,22-14+,23-8-/t21?,24?,25?,26-/m1/s1. The van der Waals surface area contributed by atoms with Crippen LogP contribution < -0.4 is 0 Å². The lowest BCUT2D eigenvalue weighted by molar-refractivity contribution is 0.0673. The average Bonchev–Trinajstić information content (AvgIpc) is 3.09. The van der Waals surface area contributed by atoms with Crippen molar-refractivity contribution < 1.29 is 10.2 Å². The minimum Gasteiger partial charge on any atom is -0.390 e. The fraction of sp³-hybridized carbons (Fsp3) is 0.778. The molecule has 3 fully saturated rings. The molecule has 0 aliphatic heterocycles. The van der Waals surface area contributed by atoms with Gasteiger partial charge in [0.15, 0.2) is 0 Å². The molecule has 164 valence electrons. The average molecular weight is 401 g/mol. The van der Waals surface area contributed by atoms with Crippen LogP contribution in [0.25, 0.3) is 0 Å². The summed E-state index contributed by atoms with van der Waals surface area (Å²) in [6, 6.07) is 0. The first-order valence-electron chi connectivity index (χ1n) is 12.3. The molecule has 0 spiro atoms. The Balaban J connectivity index is 1.54. The van der Waals surface area contributed by atoms with Crippen LogP contribution in [0.15, 0.2) is 34.9 Å². The van der Waals surface area contributed by atoms with Gasteiger partial charge in [-0.25, -0.2) is 0 Å². The predicted octanol–water partition coefficient (Wildman–Crippen LogP) is 6.88. The summed E-state index contributed by atoms with van der Waals surface area (Å²) in [5.41, 5.74) is 3.86. The molecule has 0 aromatic heterocycles. The summed E-state index contributed by atoms with van der Waals surface area (Å²) in [5.74, 6) is 2.60. The first-order chi connectivity index (χ1) is 13.9. The first kappa shape index (κ1) is 22.8. The molecule has 2 N–H and O–H groups in total. The van der Waals surface area contributed by atoms with Crippen molar-refractivity contribution in [1.29, 1.82) is 0 Å². The Morgan fingerprint density at radius 1 is 1.00 bits per heavy atom. The molecule has 3 saturated carbocycles. The molecule has 4 atom stereocenters. The predicted molar refractivity (Wildman–Crippen MR) is 123 cm³/mol. The normalized spacial score (nSPS) is 34.9. The number of fused-ring (bicyclic) bond motifs is 1. The summed E-state index contributed by atoms with van der Waals surface area (Å²) in [6.07, 6.45) is 22.3. The largest absolute Gasteiger partial charge is 0.390 e. The van der Waals surface area contributed by atoms with Gasteiger partial charge in [0, 0.05) is 0 Å². The van der Waals surface area contributed by atoms with Crippen molar-refractivity contribution in [1.82, 2.24) is 0 Å². The minimum atomic E-state index is -0.508. The zero-order valence-electron chi connectivity index (χ0n) is 19.1. The zero-order chi connectivity index (χ0) is 20.9. The number of hydrogen-bond acceptors (Lipinski definition) is 2. The molecule has 3 rings (SSSR count). The van der Waals surface area contributed by atoms with Crippen molar-refractivity contribution in [3.63, 3.8) is 0 Å². The van der Waals surface area contributed by atoms with Gasteiger partial charge in [0.1, 0.15) is 0 Å². The molecular formula is C27H44O2. The highest BCUT2D eigenvalue weighted by atomic mass is 16.3. The van der Waals surface area contributed by atoms with Gasteiger partial charge in [-0.3, -0.25) is 0 Å². The Kier molecular flexibility index (Phi) is 8.22. The van der Waals surface area contributed by atoms with Crippen molar-refractivity contribution in [3.05, 3.63) is 34.9 Å². The maximum atomic E-state index is 10.4. The summed E-state index contributed by atoms with van der Waals surface area (Å²) >= 11 is 0. The molecule has 0 saturated heterocycles. The third-order valence-corrected chi connectivity index (χ3v) is 7.68. The van der Waals surface area contributed by atoms with E-state index in [9.17, 15) is 10.2 Å². The van der Waals surface area contributed by atoms with E-state index in [0.29, 0.717) is 0 Å². The van der Waals surface area contributed by atoms with Gasteiger partial charge in [-0.15, -0.1) is 0 Å². The number of aliphatic hydroxyl groups is 2. The minimum absolute atomic E-state index is 0.257. The van der Waals surface area contributed by atoms with Crippen molar-refractivity contribution in [3.8, 4) is 0 Å². The number of hydrogen-bond donors (Lipinski definition) is 2. The smallest absolute Gasteiger partial charge is 0.0787 e. The van der Waals surface area contributed by atoms with Gasteiger partial charge >= 0.3 is 0 Å². The van der Waals surface area contributed by atoms with Crippen molar-refractivity contribution in [2.45, 2.75) is 116 Å².